The molecule has 1 aromatic carbocycles. The van der Waals surface area contributed by atoms with Crippen molar-refractivity contribution in [2.75, 3.05) is 42.9 Å². The molecule has 1 saturated heterocycles. The quantitative estimate of drug-likeness (QED) is 0.908. The Morgan fingerprint density at radius 1 is 1.12 bits per heavy atom. The first-order valence-electron chi connectivity index (χ1n) is 8.37. The lowest BCUT2D eigenvalue weighted by atomic mass is 10.1. The number of benzene rings is 1. The number of carbonyl (C=O) groups is 1. The fraction of sp³-hybridized carbons (Fsp3) is 0.389. The number of hydrogen-bond acceptors (Lipinski definition) is 5. The van der Waals surface area contributed by atoms with Crippen molar-refractivity contribution in [1.29, 1.82) is 0 Å². The number of piperazine rings is 1. The van der Waals surface area contributed by atoms with Crippen molar-refractivity contribution >= 4 is 17.5 Å². The van der Waals surface area contributed by atoms with Gasteiger partial charge >= 0.3 is 0 Å². The van der Waals surface area contributed by atoms with Crippen molar-refractivity contribution in [2.24, 2.45) is 0 Å². The summed E-state index contributed by atoms with van der Waals surface area (Å²) in [6.07, 6.45) is 4.48. The summed E-state index contributed by atoms with van der Waals surface area (Å²) in [4.78, 5) is 25.1. The Bertz CT molecular complexity index is 668. The van der Waals surface area contributed by atoms with Crippen LogP contribution in [-0.2, 0) is 11.2 Å². The fourth-order valence-corrected chi connectivity index (χ4v) is 2.83. The zero-order valence-electron chi connectivity index (χ0n) is 14.0. The van der Waals surface area contributed by atoms with Crippen LogP contribution in [0.5, 0.6) is 0 Å². The second-order valence-corrected chi connectivity index (χ2v) is 5.91. The number of amides is 1. The Morgan fingerprint density at radius 3 is 2.58 bits per heavy atom. The first-order valence-corrected chi connectivity index (χ1v) is 8.37. The maximum absolute atomic E-state index is 12.2. The molecule has 1 N–H and O–H groups in total. The monoisotopic (exact) mass is 325 g/mol. The summed E-state index contributed by atoms with van der Waals surface area (Å²) in [5.41, 5.74) is 2.10. The van der Waals surface area contributed by atoms with Crippen LogP contribution in [0.4, 0.5) is 11.6 Å². The molecule has 1 aromatic heterocycles. The Kier molecular flexibility index (Phi) is 5.38. The highest BCUT2D eigenvalue weighted by Crippen LogP contribution is 2.12. The summed E-state index contributed by atoms with van der Waals surface area (Å²) in [5.74, 6) is 0.797. The molecule has 1 aliphatic heterocycles. The Hall–Kier alpha value is -2.47. The molecule has 1 aliphatic rings. The smallest absolute Gasteiger partial charge is 0.238 e. The van der Waals surface area contributed by atoms with Gasteiger partial charge in [0.2, 0.25) is 11.9 Å². The van der Waals surface area contributed by atoms with Crippen LogP contribution in [-0.4, -0.2) is 53.5 Å². The summed E-state index contributed by atoms with van der Waals surface area (Å²) in [5, 5.41) is 2.99. The Morgan fingerprint density at radius 2 is 1.88 bits per heavy atom. The minimum Gasteiger partial charge on any atom is -0.338 e. The highest BCUT2D eigenvalue weighted by atomic mass is 16.2. The van der Waals surface area contributed by atoms with Gasteiger partial charge in [0.25, 0.3) is 0 Å². The lowest BCUT2D eigenvalue weighted by Gasteiger charge is -2.34. The predicted octanol–water partition coefficient (Wildman–Crippen LogP) is 1.80. The van der Waals surface area contributed by atoms with Crippen molar-refractivity contribution in [3.8, 4) is 0 Å². The normalized spacial score (nSPS) is 15.3. The lowest BCUT2D eigenvalue weighted by Crippen LogP contribution is -2.49. The number of rotatable bonds is 5. The minimum absolute atomic E-state index is 0.0349. The van der Waals surface area contributed by atoms with Gasteiger partial charge < -0.3 is 10.2 Å². The van der Waals surface area contributed by atoms with E-state index in [9.17, 15) is 4.79 Å². The molecule has 0 bridgehead atoms. The molecule has 2 aromatic rings. The van der Waals surface area contributed by atoms with Gasteiger partial charge in [0.05, 0.1) is 6.54 Å². The van der Waals surface area contributed by atoms with E-state index in [1.807, 2.05) is 24.3 Å². The summed E-state index contributed by atoms with van der Waals surface area (Å²) in [6, 6.07) is 9.83. The molecule has 6 heteroatoms. The van der Waals surface area contributed by atoms with E-state index < -0.39 is 0 Å². The molecule has 0 atom stereocenters. The minimum atomic E-state index is 0.0349. The molecule has 0 spiro atoms. The highest BCUT2D eigenvalue weighted by Gasteiger charge is 2.20. The van der Waals surface area contributed by atoms with Gasteiger partial charge in [-0.3, -0.25) is 9.69 Å². The molecule has 0 radical (unpaired) electrons. The van der Waals surface area contributed by atoms with Crippen molar-refractivity contribution in [1.82, 2.24) is 14.9 Å². The zero-order valence-corrected chi connectivity index (χ0v) is 14.0. The van der Waals surface area contributed by atoms with E-state index >= 15 is 0 Å². The molecule has 0 unspecified atom stereocenters. The zero-order chi connectivity index (χ0) is 16.8. The average Bonchev–Trinajstić information content (AvgIpc) is 2.63. The van der Waals surface area contributed by atoms with Gasteiger partial charge in [0, 0.05) is 44.3 Å². The van der Waals surface area contributed by atoms with E-state index in [1.165, 1.54) is 5.56 Å². The van der Waals surface area contributed by atoms with Gasteiger partial charge in [-0.1, -0.05) is 19.1 Å². The molecular weight excluding hydrogens is 302 g/mol. The molecular formula is C18H23N5O. The number of hydrogen-bond donors (Lipinski definition) is 1. The summed E-state index contributed by atoms with van der Waals surface area (Å²) < 4.78 is 0. The first-order chi connectivity index (χ1) is 11.7. The van der Waals surface area contributed by atoms with E-state index in [2.05, 4.69) is 38.1 Å². The van der Waals surface area contributed by atoms with Crippen LogP contribution in [0.1, 0.15) is 12.5 Å². The number of aromatic nitrogens is 2. The Balaban J connectivity index is 1.48. The molecule has 2 heterocycles. The number of carbonyl (C=O) groups excluding carboxylic acids is 1. The molecule has 126 valence electrons. The standard InChI is InChI=1S/C18H23N5O/c1-2-15-5-3-6-16(13-15)21-17(24)14-22-9-11-23(12-10-22)18-19-7-4-8-20-18/h3-8,13H,2,9-12,14H2,1H3,(H,21,24). The van der Waals surface area contributed by atoms with Gasteiger partial charge in [-0.05, 0) is 30.2 Å². The number of anilines is 2. The number of nitrogens with one attached hydrogen (secondary N) is 1. The summed E-state index contributed by atoms with van der Waals surface area (Å²) in [6.45, 7) is 5.86. The molecule has 1 amide bonds. The summed E-state index contributed by atoms with van der Waals surface area (Å²) in [7, 11) is 0. The molecule has 0 saturated carbocycles. The van der Waals surface area contributed by atoms with E-state index in [1.54, 1.807) is 12.4 Å². The van der Waals surface area contributed by atoms with Crippen molar-refractivity contribution in [3.63, 3.8) is 0 Å². The van der Waals surface area contributed by atoms with Crippen LogP contribution in [0.15, 0.2) is 42.7 Å². The molecule has 3 rings (SSSR count). The van der Waals surface area contributed by atoms with Gasteiger partial charge in [-0.15, -0.1) is 0 Å². The van der Waals surface area contributed by atoms with Crippen molar-refractivity contribution in [2.45, 2.75) is 13.3 Å². The van der Waals surface area contributed by atoms with Crippen molar-refractivity contribution < 1.29 is 4.79 Å². The van der Waals surface area contributed by atoms with E-state index in [4.69, 9.17) is 0 Å². The highest BCUT2D eigenvalue weighted by molar-refractivity contribution is 5.92. The van der Waals surface area contributed by atoms with Crippen LogP contribution >= 0.6 is 0 Å². The SMILES string of the molecule is CCc1cccc(NC(=O)CN2CCN(c3ncccn3)CC2)c1. The van der Waals surface area contributed by atoms with Crippen LogP contribution in [0.2, 0.25) is 0 Å². The van der Waals surface area contributed by atoms with E-state index in [0.717, 1.165) is 44.2 Å². The van der Waals surface area contributed by atoms with Crippen LogP contribution in [0.25, 0.3) is 0 Å². The van der Waals surface area contributed by atoms with Crippen LogP contribution in [0.3, 0.4) is 0 Å². The Labute approximate surface area is 142 Å². The molecule has 0 aliphatic carbocycles. The third kappa shape index (κ3) is 4.29. The van der Waals surface area contributed by atoms with Crippen LogP contribution < -0.4 is 10.2 Å². The van der Waals surface area contributed by atoms with Gasteiger partial charge in [-0.25, -0.2) is 9.97 Å². The number of aryl methyl sites for hydroxylation is 1. The van der Waals surface area contributed by atoms with Crippen LogP contribution in [0, 0.1) is 0 Å². The lowest BCUT2D eigenvalue weighted by molar-refractivity contribution is -0.117. The second kappa shape index (κ2) is 7.88. The fourth-order valence-electron chi connectivity index (χ4n) is 2.83. The topological polar surface area (TPSA) is 61.4 Å². The van der Waals surface area contributed by atoms with Gasteiger partial charge in [0.1, 0.15) is 0 Å². The maximum atomic E-state index is 12.2. The van der Waals surface area contributed by atoms with Gasteiger partial charge in [0.15, 0.2) is 0 Å². The molecule has 24 heavy (non-hydrogen) atoms. The molecule has 6 nitrogen and oxygen atoms in total. The molecule has 1 fully saturated rings. The average molecular weight is 325 g/mol. The largest absolute Gasteiger partial charge is 0.338 e. The van der Waals surface area contributed by atoms with E-state index in [-0.39, 0.29) is 5.91 Å². The van der Waals surface area contributed by atoms with E-state index in [0.29, 0.717) is 6.54 Å². The second-order valence-electron chi connectivity index (χ2n) is 5.91. The third-order valence-corrected chi connectivity index (χ3v) is 4.19. The first kappa shape index (κ1) is 16.4. The predicted molar refractivity (Wildman–Crippen MR) is 95.1 cm³/mol. The van der Waals surface area contributed by atoms with Gasteiger partial charge in [-0.2, -0.15) is 0 Å². The summed E-state index contributed by atoms with van der Waals surface area (Å²) >= 11 is 0. The third-order valence-electron chi connectivity index (χ3n) is 4.19. The maximum Gasteiger partial charge on any atom is 0.238 e. The number of nitrogens with zero attached hydrogens (tertiary/aromatic N) is 4. The van der Waals surface area contributed by atoms with Crippen molar-refractivity contribution in [3.05, 3.63) is 48.3 Å².